The highest BCUT2D eigenvalue weighted by atomic mass is 16.5. The van der Waals surface area contributed by atoms with Crippen molar-refractivity contribution < 1.29 is 14.3 Å². The smallest absolute Gasteiger partial charge is 0.327 e. The van der Waals surface area contributed by atoms with E-state index in [2.05, 4.69) is 10.2 Å². The van der Waals surface area contributed by atoms with Crippen molar-refractivity contribution in [1.29, 1.82) is 0 Å². The molecule has 2 aliphatic carbocycles. The Morgan fingerprint density at radius 3 is 2.53 bits per heavy atom. The fraction of sp³-hybridized carbons (Fsp3) is 0.929. The van der Waals surface area contributed by atoms with Crippen LogP contribution in [0.2, 0.25) is 0 Å². The first-order chi connectivity index (χ1) is 9.24. The Kier molecular flexibility index (Phi) is 3.78. The first-order valence-corrected chi connectivity index (χ1v) is 7.41. The average Bonchev–Trinajstić information content (AvgIpc) is 3.29. The topological polar surface area (TPSA) is 50.8 Å². The van der Waals surface area contributed by atoms with Crippen molar-refractivity contribution in [3.63, 3.8) is 0 Å². The lowest BCUT2D eigenvalue weighted by molar-refractivity contribution is -0.151. The fourth-order valence-corrected chi connectivity index (χ4v) is 3.04. The number of carbonyl (C=O) groups excluding carboxylic acids is 1. The van der Waals surface area contributed by atoms with Crippen molar-refractivity contribution in [1.82, 2.24) is 10.2 Å². The van der Waals surface area contributed by atoms with Crippen LogP contribution in [0.1, 0.15) is 25.7 Å². The van der Waals surface area contributed by atoms with E-state index >= 15 is 0 Å². The van der Waals surface area contributed by atoms with Crippen LogP contribution in [0.5, 0.6) is 0 Å². The van der Waals surface area contributed by atoms with E-state index in [-0.39, 0.29) is 5.97 Å². The lowest BCUT2D eigenvalue weighted by Crippen LogP contribution is -2.62. The third kappa shape index (κ3) is 2.93. The summed E-state index contributed by atoms with van der Waals surface area (Å²) in [5.41, 5.74) is -0.479. The Labute approximate surface area is 114 Å². The van der Waals surface area contributed by atoms with Crippen molar-refractivity contribution in [2.45, 2.75) is 37.3 Å². The molecule has 3 fully saturated rings. The Morgan fingerprint density at radius 2 is 2.00 bits per heavy atom. The van der Waals surface area contributed by atoms with Crippen LogP contribution in [0.3, 0.4) is 0 Å². The second-order valence-electron chi connectivity index (χ2n) is 6.04. The molecule has 1 unspecified atom stereocenters. The standard InChI is InChI=1S/C14H24N2O3/c1-18-13(17)14(11-2-3-11,15-12-4-5-12)10-16-6-8-19-9-7-16/h11-12,15H,2-10H2,1H3. The van der Waals surface area contributed by atoms with Gasteiger partial charge in [0.2, 0.25) is 0 Å². The van der Waals surface area contributed by atoms with Crippen molar-refractivity contribution in [2.24, 2.45) is 5.92 Å². The van der Waals surface area contributed by atoms with E-state index in [0.717, 1.165) is 45.7 Å². The number of esters is 1. The average molecular weight is 268 g/mol. The summed E-state index contributed by atoms with van der Waals surface area (Å²) in [4.78, 5) is 14.8. The highest BCUT2D eigenvalue weighted by Crippen LogP contribution is 2.42. The van der Waals surface area contributed by atoms with Crippen LogP contribution in [-0.4, -0.2) is 62.4 Å². The Morgan fingerprint density at radius 1 is 1.32 bits per heavy atom. The Hall–Kier alpha value is -0.650. The van der Waals surface area contributed by atoms with Gasteiger partial charge in [0.05, 0.1) is 20.3 Å². The number of nitrogens with one attached hydrogen (secondary N) is 1. The van der Waals surface area contributed by atoms with Crippen molar-refractivity contribution in [3.05, 3.63) is 0 Å². The molecule has 0 spiro atoms. The minimum Gasteiger partial charge on any atom is -0.468 e. The van der Waals surface area contributed by atoms with Crippen molar-refractivity contribution in [3.8, 4) is 0 Å². The summed E-state index contributed by atoms with van der Waals surface area (Å²) in [6.07, 6.45) is 4.65. The predicted octanol–water partition coefficient (Wildman–Crippen LogP) is 0.392. The number of hydrogen-bond donors (Lipinski definition) is 1. The number of methoxy groups -OCH3 is 1. The summed E-state index contributed by atoms with van der Waals surface area (Å²) in [7, 11) is 1.51. The second kappa shape index (κ2) is 5.38. The molecule has 0 aromatic carbocycles. The summed E-state index contributed by atoms with van der Waals surface area (Å²) in [5.74, 6) is 0.372. The van der Waals surface area contributed by atoms with Gasteiger partial charge in [-0.3, -0.25) is 10.2 Å². The van der Waals surface area contributed by atoms with Crippen LogP contribution in [0.15, 0.2) is 0 Å². The van der Waals surface area contributed by atoms with Gasteiger partial charge in [0, 0.05) is 25.7 Å². The van der Waals surface area contributed by atoms with Gasteiger partial charge in [0.15, 0.2) is 0 Å². The maximum atomic E-state index is 12.4. The lowest BCUT2D eigenvalue weighted by atomic mass is 9.91. The summed E-state index contributed by atoms with van der Waals surface area (Å²) in [6.45, 7) is 4.14. The highest BCUT2D eigenvalue weighted by molar-refractivity contribution is 5.82. The fourth-order valence-electron chi connectivity index (χ4n) is 3.04. The first kappa shape index (κ1) is 13.3. The molecule has 5 heteroatoms. The zero-order valence-corrected chi connectivity index (χ0v) is 11.7. The quantitative estimate of drug-likeness (QED) is 0.706. The predicted molar refractivity (Wildman–Crippen MR) is 70.9 cm³/mol. The molecular weight excluding hydrogens is 244 g/mol. The van der Waals surface area contributed by atoms with E-state index in [1.165, 1.54) is 20.0 Å². The number of morpholine rings is 1. The molecule has 3 rings (SSSR count). The molecule has 1 saturated heterocycles. The number of carbonyl (C=O) groups is 1. The van der Waals surface area contributed by atoms with Gasteiger partial charge in [-0.2, -0.15) is 0 Å². The second-order valence-corrected chi connectivity index (χ2v) is 6.04. The SMILES string of the molecule is COC(=O)C(CN1CCOCC1)(NC1CC1)C1CC1. The maximum absolute atomic E-state index is 12.4. The van der Waals surface area contributed by atoms with E-state index in [1.807, 2.05) is 0 Å². The minimum absolute atomic E-state index is 0.0756. The minimum atomic E-state index is -0.479. The van der Waals surface area contributed by atoms with E-state index in [0.29, 0.717) is 12.0 Å². The lowest BCUT2D eigenvalue weighted by Gasteiger charge is -2.38. The molecule has 1 heterocycles. The zero-order valence-electron chi connectivity index (χ0n) is 11.7. The maximum Gasteiger partial charge on any atom is 0.327 e. The molecule has 1 aliphatic heterocycles. The number of hydrogen-bond acceptors (Lipinski definition) is 5. The van der Waals surface area contributed by atoms with Gasteiger partial charge in [-0.1, -0.05) is 0 Å². The normalized spacial score (nSPS) is 27.8. The van der Waals surface area contributed by atoms with Gasteiger partial charge >= 0.3 is 5.97 Å². The molecular formula is C14H24N2O3. The number of ether oxygens (including phenoxy) is 2. The molecule has 2 saturated carbocycles. The van der Waals surface area contributed by atoms with Gasteiger partial charge < -0.3 is 9.47 Å². The summed E-state index contributed by atoms with van der Waals surface area (Å²) >= 11 is 0. The third-order valence-electron chi connectivity index (χ3n) is 4.44. The van der Waals surface area contributed by atoms with E-state index < -0.39 is 5.54 Å². The number of rotatable bonds is 6. The molecule has 1 atom stereocenters. The highest BCUT2D eigenvalue weighted by Gasteiger charge is 2.54. The van der Waals surface area contributed by atoms with Crippen LogP contribution >= 0.6 is 0 Å². The van der Waals surface area contributed by atoms with Crippen LogP contribution in [-0.2, 0) is 14.3 Å². The number of nitrogens with zero attached hydrogens (tertiary/aromatic N) is 1. The molecule has 0 aromatic heterocycles. The molecule has 3 aliphatic rings. The molecule has 19 heavy (non-hydrogen) atoms. The molecule has 108 valence electrons. The molecule has 0 aromatic rings. The van der Waals surface area contributed by atoms with Gasteiger partial charge in [0.1, 0.15) is 5.54 Å². The van der Waals surface area contributed by atoms with Crippen LogP contribution < -0.4 is 5.32 Å². The van der Waals surface area contributed by atoms with Crippen LogP contribution in [0.4, 0.5) is 0 Å². The Balaban J connectivity index is 1.74. The largest absolute Gasteiger partial charge is 0.468 e. The third-order valence-corrected chi connectivity index (χ3v) is 4.44. The van der Waals surface area contributed by atoms with E-state index in [9.17, 15) is 4.79 Å². The van der Waals surface area contributed by atoms with Gasteiger partial charge in [-0.15, -0.1) is 0 Å². The van der Waals surface area contributed by atoms with Crippen LogP contribution in [0, 0.1) is 5.92 Å². The molecule has 0 radical (unpaired) electrons. The van der Waals surface area contributed by atoms with Gasteiger partial charge in [0.25, 0.3) is 0 Å². The van der Waals surface area contributed by atoms with Crippen LogP contribution in [0.25, 0.3) is 0 Å². The van der Waals surface area contributed by atoms with Gasteiger partial charge in [-0.25, -0.2) is 4.79 Å². The van der Waals surface area contributed by atoms with E-state index in [1.54, 1.807) is 0 Å². The molecule has 0 amide bonds. The van der Waals surface area contributed by atoms with Crippen molar-refractivity contribution >= 4 is 5.97 Å². The Bertz CT molecular complexity index is 336. The summed E-state index contributed by atoms with van der Waals surface area (Å²) in [5, 5.41) is 3.61. The van der Waals surface area contributed by atoms with Gasteiger partial charge in [-0.05, 0) is 31.6 Å². The first-order valence-electron chi connectivity index (χ1n) is 7.41. The molecule has 5 nitrogen and oxygen atoms in total. The summed E-state index contributed by atoms with van der Waals surface area (Å²) in [6, 6.07) is 0.515. The van der Waals surface area contributed by atoms with E-state index in [4.69, 9.17) is 9.47 Å². The molecule has 0 bridgehead atoms. The van der Waals surface area contributed by atoms with Crippen molar-refractivity contribution in [2.75, 3.05) is 40.0 Å². The zero-order chi connectivity index (χ0) is 13.3. The molecule has 1 N–H and O–H groups in total. The monoisotopic (exact) mass is 268 g/mol. The summed E-state index contributed by atoms with van der Waals surface area (Å²) < 4.78 is 10.5.